The Balaban J connectivity index is 1.65. The molecular weight excluding hydrogens is 450 g/mol. The van der Waals surface area contributed by atoms with Crippen LogP contribution in [0.4, 0.5) is 5.69 Å². The van der Waals surface area contributed by atoms with E-state index < -0.39 is 0 Å². The average molecular weight is 476 g/mol. The fourth-order valence-electron chi connectivity index (χ4n) is 3.53. The van der Waals surface area contributed by atoms with Gasteiger partial charge < -0.3 is 14.8 Å². The summed E-state index contributed by atoms with van der Waals surface area (Å²) in [5.41, 5.74) is 2.64. The van der Waals surface area contributed by atoms with Crippen LogP contribution in [0, 0.1) is 6.92 Å². The third-order valence-electron chi connectivity index (χ3n) is 5.11. The number of nitrogens with one attached hydrogen (secondary N) is 1. The minimum atomic E-state index is -0.227. The van der Waals surface area contributed by atoms with Crippen molar-refractivity contribution >= 4 is 34.3 Å². The molecule has 0 aliphatic rings. The summed E-state index contributed by atoms with van der Waals surface area (Å²) in [5.74, 6) is 1.14. The highest BCUT2D eigenvalue weighted by Gasteiger charge is 2.16. The van der Waals surface area contributed by atoms with E-state index in [1.54, 1.807) is 19.2 Å². The molecule has 0 aliphatic carbocycles. The quantitative estimate of drug-likeness (QED) is 0.290. The van der Waals surface area contributed by atoms with Crippen LogP contribution < -0.4 is 20.3 Å². The lowest BCUT2D eigenvalue weighted by Crippen LogP contribution is -2.23. The van der Waals surface area contributed by atoms with Crippen molar-refractivity contribution in [3.05, 3.63) is 82.6 Å². The predicted octanol–water partition coefficient (Wildman–Crippen LogP) is 4.83. The minimum Gasteiger partial charge on any atom is -0.495 e. The zero-order chi connectivity index (χ0) is 24.1. The highest BCUT2D eigenvalue weighted by Crippen LogP contribution is 2.27. The summed E-state index contributed by atoms with van der Waals surface area (Å²) in [5, 5.41) is 3.83. The number of fused-ring (bicyclic) bond motifs is 1. The zero-order valence-electron chi connectivity index (χ0n) is 19.2. The summed E-state index contributed by atoms with van der Waals surface area (Å²) in [4.78, 5) is 30.8. The number of aryl methyl sites for hydroxylation is 1. The van der Waals surface area contributed by atoms with Gasteiger partial charge in [0.2, 0.25) is 5.91 Å². The predicted molar refractivity (Wildman–Crippen MR) is 136 cm³/mol. The number of rotatable bonds is 8. The summed E-state index contributed by atoms with van der Waals surface area (Å²) in [6, 6.07) is 20.0. The second-order valence-corrected chi connectivity index (χ2v) is 8.46. The molecule has 0 fully saturated rings. The Morgan fingerprint density at radius 1 is 1.09 bits per heavy atom. The molecule has 3 aromatic carbocycles. The van der Waals surface area contributed by atoms with Crippen LogP contribution >= 0.6 is 11.8 Å². The lowest BCUT2D eigenvalue weighted by Gasteiger charge is -2.14. The first-order chi connectivity index (χ1) is 16.5. The van der Waals surface area contributed by atoms with E-state index in [0.717, 1.165) is 5.56 Å². The van der Waals surface area contributed by atoms with Crippen LogP contribution in [0.25, 0.3) is 16.6 Å². The number of carbonyl (C=O) groups is 1. The van der Waals surface area contributed by atoms with Gasteiger partial charge in [0.1, 0.15) is 11.5 Å². The van der Waals surface area contributed by atoms with Crippen molar-refractivity contribution in [1.29, 1.82) is 0 Å². The van der Waals surface area contributed by atoms with Crippen molar-refractivity contribution < 1.29 is 14.3 Å². The largest absolute Gasteiger partial charge is 0.495 e. The van der Waals surface area contributed by atoms with E-state index in [2.05, 4.69) is 10.3 Å². The molecule has 1 N–H and O–H groups in total. The Kier molecular flexibility index (Phi) is 7.18. The van der Waals surface area contributed by atoms with Crippen LogP contribution in [0.1, 0.15) is 12.5 Å². The van der Waals surface area contributed by atoms with Crippen LogP contribution in [0.15, 0.2) is 76.7 Å². The van der Waals surface area contributed by atoms with E-state index in [1.165, 1.54) is 16.3 Å². The number of aromatic nitrogens is 2. The van der Waals surface area contributed by atoms with E-state index in [-0.39, 0.29) is 17.2 Å². The highest BCUT2D eigenvalue weighted by atomic mass is 32.2. The number of ether oxygens (including phenoxy) is 2. The van der Waals surface area contributed by atoms with E-state index in [4.69, 9.17) is 9.47 Å². The van der Waals surface area contributed by atoms with Crippen molar-refractivity contribution in [2.75, 3.05) is 24.8 Å². The van der Waals surface area contributed by atoms with Crippen LogP contribution in [0.5, 0.6) is 11.5 Å². The molecule has 174 valence electrons. The van der Waals surface area contributed by atoms with Gasteiger partial charge in [-0.2, -0.15) is 0 Å². The first kappa shape index (κ1) is 23.4. The van der Waals surface area contributed by atoms with Gasteiger partial charge in [-0.1, -0.05) is 30.0 Å². The topological polar surface area (TPSA) is 82.4 Å². The maximum atomic E-state index is 13.4. The molecule has 1 aromatic heterocycles. The molecule has 0 saturated heterocycles. The van der Waals surface area contributed by atoms with Gasteiger partial charge in [-0.3, -0.25) is 14.2 Å². The number of amides is 1. The van der Waals surface area contributed by atoms with Gasteiger partial charge in [-0.25, -0.2) is 4.98 Å². The molecule has 4 rings (SSSR count). The first-order valence-corrected chi connectivity index (χ1v) is 11.8. The molecule has 7 nitrogen and oxygen atoms in total. The number of carbonyl (C=O) groups excluding carboxylic acids is 1. The third-order valence-corrected chi connectivity index (χ3v) is 6.05. The fraction of sp³-hybridized carbons (Fsp3) is 0.192. The Morgan fingerprint density at radius 3 is 2.59 bits per heavy atom. The average Bonchev–Trinajstić information content (AvgIpc) is 2.84. The van der Waals surface area contributed by atoms with Crippen molar-refractivity contribution in [2.45, 2.75) is 19.0 Å². The lowest BCUT2D eigenvalue weighted by atomic mass is 10.2. The molecule has 1 heterocycles. The van der Waals surface area contributed by atoms with Gasteiger partial charge in [0.25, 0.3) is 5.56 Å². The Morgan fingerprint density at radius 2 is 1.85 bits per heavy atom. The Bertz CT molecular complexity index is 1380. The first-order valence-electron chi connectivity index (χ1n) is 10.8. The molecular formula is C26H25N3O4S. The normalized spacial score (nSPS) is 10.8. The summed E-state index contributed by atoms with van der Waals surface area (Å²) < 4.78 is 12.4. The number of hydrogen-bond acceptors (Lipinski definition) is 6. The van der Waals surface area contributed by atoms with Crippen molar-refractivity contribution in [3.8, 4) is 17.2 Å². The summed E-state index contributed by atoms with van der Waals surface area (Å²) in [6.45, 7) is 4.41. The fourth-order valence-corrected chi connectivity index (χ4v) is 4.34. The van der Waals surface area contributed by atoms with Crippen molar-refractivity contribution in [1.82, 2.24) is 9.55 Å². The summed E-state index contributed by atoms with van der Waals surface area (Å²) in [7, 11) is 1.56. The third kappa shape index (κ3) is 5.07. The smallest absolute Gasteiger partial charge is 0.266 e. The molecule has 0 radical (unpaired) electrons. The maximum Gasteiger partial charge on any atom is 0.266 e. The molecule has 0 atom stereocenters. The van der Waals surface area contributed by atoms with Gasteiger partial charge in [-0.15, -0.1) is 0 Å². The molecule has 1 amide bonds. The molecule has 0 unspecified atom stereocenters. The van der Waals surface area contributed by atoms with E-state index in [1.807, 2.05) is 68.4 Å². The van der Waals surface area contributed by atoms with Crippen molar-refractivity contribution in [3.63, 3.8) is 0 Å². The molecule has 34 heavy (non-hydrogen) atoms. The number of thioether (sulfide) groups is 1. The summed E-state index contributed by atoms with van der Waals surface area (Å²) in [6.07, 6.45) is 0. The number of methoxy groups -OCH3 is 1. The van der Waals surface area contributed by atoms with E-state index >= 15 is 0 Å². The number of anilines is 1. The van der Waals surface area contributed by atoms with Gasteiger partial charge in [0.15, 0.2) is 5.16 Å². The van der Waals surface area contributed by atoms with Crippen LogP contribution in [-0.4, -0.2) is 34.9 Å². The Hall–Kier alpha value is -3.78. The number of benzene rings is 3. The van der Waals surface area contributed by atoms with Gasteiger partial charge >= 0.3 is 0 Å². The van der Waals surface area contributed by atoms with Crippen LogP contribution in [-0.2, 0) is 4.79 Å². The molecule has 0 spiro atoms. The zero-order valence-corrected chi connectivity index (χ0v) is 20.0. The van der Waals surface area contributed by atoms with E-state index in [9.17, 15) is 9.59 Å². The van der Waals surface area contributed by atoms with Crippen LogP contribution in [0.3, 0.4) is 0 Å². The number of hydrogen-bond donors (Lipinski definition) is 1. The summed E-state index contributed by atoms with van der Waals surface area (Å²) >= 11 is 1.20. The van der Waals surface area contributed by atoms with Gasteiger partial charge in [-0.05, 0) is 67.9 Å². The van der Waals surface area contributed by atoms with Crippen LogP contribution in [0.2, 0.25) is 0 Å². The highest BCUT2D eigenvalue weighted by molar-refractivity contribution is 7.99. The van der Waals surface area contributed by atoms with Gasteiger partial charge in [0.05, 0.1) is 41.7 Å². The standard InChI is InChI=1S/C26H25N3O4S/c1-4-33-19-12-10-18(11-13-19)29-25(31)20-7-5-6-8-21(20)28-26(29)34-16-24(30)27-22-15-17(2)9-14-23(22)32-3/h5-15H,4,16H2,1-3H3,(H,27,30). The monoisotopic (exact) mass is 475 g/mol. The molecule has 4 aromatic rings. The van der Waals surface area contributed by atoms with Crippen molar-refractivity contribution in [2.24, 2.45) is 0 Å². The Labute approximate surface area is 201 Å². The minimum absolute atomic E-state index is 0.0684. The second-order valence-electron chi connectivity index (χ2n) is 7.52. The number of para-hydroxylation sites is 1. The molecule has 0 saturated carbocycles. The second kappa shape index (κ2) is 10.4. The maximum absolute atomic E-state index is 13.4. The van der Waals surface area contributed by atoms with E-state index in [0.29, 0.717) is 45.5 Å². The lowest BCUT2D eigenvalue weighted by molar-refractivity contribution is -0.113. The molecule has 0 aliphatic heterocycles. The molecule has 0 bridgehead atoms. The number of nitrogens with zero attached hydrogens (tertiary/aromatic N) is 2. The SMILES string of the molecule is CCOc1ccc(-n2c(SCC(=O)Nc3cc(C)ccc3OC)nc3ccccc3c2=O)cc1. The molecule has 8 heteroatoms. The van der Waals surface area contributed by atoms with Gasteiger partial charge in [0, 0.05) is 0 Å².